The Kier molecular flexibility index (Phi) is 4.33. The van der Waals surface area contributed by atoms with Crippen molar-refractivity contribution in [2.45, 2.75) is 17.9 Å². The maximum atomic E-state index is 12.5. The first-order valence-corrected chi connectivity index (χ1v) is 9.09. The minimum atomic E-state index is -3.90. The molecule has 1 aliphatic heterocycles. The van der Waals surface area contributed by atoms with Gasteiger partial charge in [-0.1, -0.05) is 23.2 Å². The summed E-state index contributed by atoms with van der Waals surface area (Å²) in [5, 5.41) is 3.17. The molecule has 0 radical (unpaired) electrons. The zero-order valence-electron chi connectivity index (χ0n) is 12.3. The van der Waals surface area contributed by atoms with E-state index in [0.29, 0.717) is 16.5 Å². The molecule has 1 amide bonds. The van der Waals surface area contributed by atoms with Crippen LogP contribution in [-0.4, -0.2) is 20.4 Å². The molecule has 1 atom stereocenters. The maximum Gasteiger partial charge on any atom is 0.265 e. The van der Waals surface area contributed by atoms with Gasteiger partial charge in [0.25, 0.3) is 15.9 Å². The van der Waals surface area contributed by atoms with Crippen LogP contribution in [0.15, 0.2) is 41.3 Å². The van der Waals surface area contributed by atoms with Crippen LogP contribution < -0.4 is 14.8 Å². The number of anilines is 2. The quantitative estimate of drug-likeness (QED) is 0.844. The molecule has 0 bridgehead atoms. The highest BCUT2D eigenvalue weighted by Crippen LogP contribution is 2.33. The number of halogens is 2. The van der Waals surface area contributed by atoms with Crippen LogP contribution >= 0.6 is 23.2 Å². The second kappa shape index (κ2) is 6.16. The summed E-state index contributed by atoms with van der Waals surface area (Å²) >= 11 is 11.8. The summed E-state index contributed by atoms with van der Waals surface area (Å²) in [6.45, 7) is 1.60. The van der Waals surface area contributed by atoms with E-state index < -0.39 is 16.1 Å². The van der Waals surface area contributed by atoms with Crippen molar-refractivity contribution in [1.29, 1.82) is 0 Å². The van der Waals surface area contributed by atoms with Crippen molar-refractivity contribution in [3.8, 4) is 5.75 Å². The molecule has 1 heterocycles. The lowest BCUT2D eigenvalue weighted by Crippen LogP contribution is -2.34. The Morgan fingerprint density at radius 2 is 1.92 bits per heavy atom. The van der Waals surface area contributed by atoms with Crippen molar-refractivity contribution >= 4 is 50.5 Å². The molecule has 0 aromatic heterocycles. The second-order valence-corrected chi connectivity index (χ2v) is 7.66. The largest absolute Gasteiger partial charge is 0.479 e. The maximum absolute atomic E-state index is 12.5. The number of rotatable bonds is 3. The van der Waals surface area contributed by atoms with Crippen molar-refractivity contribution in [3.63, 3.8) is 0 Å². The van der Waals surface area contributed by atoms with Crippen LogP contribution in [0.1, 0.15) is 6.92 Å². The minimum Gasteiger partial charge on any atom is -0.479 e. The molecule has 3 rings (SSSR count). The molecule has 2 aromatic carbocycles. The van der Waals surface area contributed by atoms with E-state index in [9.17, 15) is 13.2 Å². The number of nitrogens with one attached hydrogen (secondary N) is 2. The summed E-state index contributed by atoms with van der Waals surface area (Å²) in [5.41, 5.74) is 0.496. The first-order chi connectivity index (χ1) is 11.3. The van der Waals surface area contributed by atoms with Gasteiger partial charge in [0.05, 0.1) is 21.3 Å². The van der Waals surface area contributed by atoms with E-state index in [2.05, 4.69) is 10.0 Å². The fraction of sp³-hybridized carbons (Fsp3) is 0.133. The number of ether oxygens (including phenoxy) is 1. The Morgan fingerprint density at radius 1 is 1.17 bits per heavy atom. The number of carbonyl (C=O) groups excluding carboxylic acids is 1. The molecule has 2 aromatic rings. The van der Waals surface area contributed by atoms with Gasteiger partial charge in [0.2, 0.25) is 0 Å². The Balaban J connectivity index is 1.93. The molecule has 1 aliphatic rings. The summed E-state index contributed by atoms with van der Waals surface area (Å²) in [5.74, 6) is 0.0660. The fourth-order valence-corrected chi connectivity index (χ4v) is 3.75. The van der Waals surface area contributed by atoms with Crippen LogP contribution in [0.3, 0.4) is 0 Å². The smallest absolute Gasteiger partial charge is 0.265 e. The molecule has 0 aliphatic carbocycles. The third-order valence-electron chi connectivity index (χ3n) is 3.37. The lowest BCUT2D eigenvalue weighted by molar-refractivity contribution is -0.122. The van der Waals surface area contributed by atoms with Crippen molar-refractivity contribution in [2.24, 2.45) is 0 Å². The molecule has 1 unspecified atom stereocenters. The third-order valence-corrected chi connectivity index (χ3v) is 5.28. The van der Waals surface area contributed by atoms with Crippen LogP contribution in [0.5, 0.6) is 5.75 Å². The Morgan fingerprint density at radius 3 is 2.62 bits per heavy atom. The molecular formula is C15H12Cl2N2O4S. The normalized spacial score (nSPS) is 16.8. The molecule has 0 fully saturated rings. The predicted molar refractivity (Wildman–Crippen MR) is 92.4 cm³/mol. The van der Waals surface area contributed by atoms with E-state index >= 15 is 0 Å². The SMILES string of the molecule is CC1Oc2ccc(S(=O)(=O)Nc3ccc(Cl)cc3Cl)cc2NC1=O. The van der Waals surface area contributed by atoms with Crippen molar-refractivity contribution in [1.82, 2.24) is 0 Å². The molecule has 0 spiro atoms. The fourth-order valence-electron chi connectivity index (χ4n) is 2.13. The second-order valence-electron chi connectivity index (χ2n) is 5.14. The van der Waals surface area contributed by atoms with E-state index in [1.807, 2.05) is 0 Å². The number of hydrogen-bond donors (Lipinski definition) is 2. The first kappa shape index (κ1) is 16.9. The van der Waals surface area contributed by atoms with Gasteiger partial charge in [-0.2, -0.15) is 0 Å². The third kappa shape index (κ3) is 3.28. The lowest BCUT2D eigenvalue weighted by Gasteiger charge is -2.23. The van der Waals surface area contributed by atoms with Crippen molar-refractivity contribution < 1.29 is 17.9 Å². The van der Waals surface area contributed by atoms with Gasteiger partial charge in [0, 0.05) is 5.02 Å². The van der Waals surface area contributed by atoms with E-state index in [-0.39, 0.29) is 21.5 Å². The standard InChI is InChI=1S/C15H12Cl2N2O4S/c1-8-15(20)18-13-7-10(3-5-14(13)23-8)24(21,22)19-12-4-2-9(16)6-11(12)17/h2-8,19H,1H3,(H,18,20). The highest BCUT2D eigenvalue weighted by Gasteiger charge is 2.25. The number of benzene rings is 2. The van der Waals surface area contributed by atoms with Gasteiger partial charge in [-0.25, -0.2) is 8.42 Å². The van der Waals surface area contributed by atoms with Gasteiger partial charge >= 0.3 is 0 Å². The van der Waals surface area contributed by atoms with Crippen LogP contribution in [0.25, 0.3) is 0 Å². The van der Waals surface area contributed by atoms with Gasteiger partial charge in [-0.05, 0) is 43.3 Å². The van der Waals surface area contributed by atoms with Crippen molar-refractivity contribution in [3.05, 3.63) is 46.4 Å². The minimum absolute atomic E-state index is 0.0364. The number of fused-ring (bicyclic) bond motifs is 1. The average molecular weight is 387 g/mol. The molecule has 9 heteroatoms. The van der Waals surface area contributed by atoms with Gasteiger partial charge in [-0.15, -0.1) is 0 Å². The van der Waals surface area contributed by atoms with Gasteiger partial charge in [-0.3, -0.25) is 9.52 Å². The van der Waals surface area contributed by atoms with Crippen LogP contribution in [-0.2, 0) is 14.8 Å². The number of hydrogen-bond acceptors (Lipinski definition) is 4. The van der Waals surface area contributed by atoms with Gasteiger partial charge in [0.15, 0.2) is 6.10 Å². The van der Waals surface area contributed by atoms with Crippen LogP contribution in [0.2, 0.25) is 10.0 Å². The summed E-state index contributed by atoms with van der Waals surface area (Å²) in [7, 11) is -3.90. The predicted octanol–water partition coefficient (Wildman–Crippen LogP) is 3.51. The van der Waals surface area contributed by atoms with Gasteiger partial charge in [0.1, 0.15) is 5.75 Å². The van der Waals surface area contributed by atoms with Crippen molar-refractivity contribution in [2.75, 3.05) is 10.0 Å². The lowest BCUT2D eigenvalue weighted by atomic mass is 10.2. The van der Waals surface area contributed by atoms with E-state index in [0.717, 1.165) is 0 Å². The van der Waals surface area contributed by atoms with E-state index in [1.54, 1.807) is 6.92 Å². The van der Waals surface area contributed by atoms with E-state index in [4.69, 9.17) is 27.9 Å². The molecule has 0 saturated heterocycles. The zero-order chi connectivity index (χ0) is 17.5. The molecule has 2 N–H and O–H groups in total. The molecule has 0 saturated carbocycles. The average Bonchev–Trinajstić information content (AvgIpc) is 2.51. The summed E-state index contributed by atoms with van der Waals surface area (Å²) in [6, 6.07) is 8.62. The number of sulfonamides is 1. The Hall–Kier alpha value is -1.96. The summed E-state index contributed by atoms with van der Waals surface area (Å²) < 4.78 is 32.8. The van der Waals surface area contributed by atoms with Crippen LogP contribution in [0, 0.1) is 0 Å². The topological polar surface area (TPSA) is 84.5 Å². The molecule has 24 heavy (non-hydrogen) atoms. The molecular weight excluding hydrogens is 375 g/mol. The highest BCUT2D eigenvalue weighted by atomic mass is 35.5. The number of amides is 1. The monoisotopic (exact) mass is 386 g/mol. The Labute approximate surface area is 148 Å². The summed E-state index contributed by atoms with van der Waals surface area (Å²) in [6.07, 6.45) is -0.633. The number of carbonyl (C=O) groups is 1. The van der Waals surface area contributed by atoms with Crippen LogP contribution in [0.4, 0.5) is 11.4 Å². The van der Waals surface area contributed by atoms with E-state index in [1.165, 1.54) is 36.4 Å². The summed E-state index contributed by atoms with van der Waals surface area (Å²) in [4.78, 5) is 11.6. The molecule has 126 valence electrons. The first-order valence-electron chi connectivity index (χ1n) is 6.86. The zero-order valence-corrected chi connectivity index (χ0v) is 14.7. The Bertz CT molecular complexity index is 931. The molecule has 6 nitrogen and oxygen atoms in total. The van der Waals surface area contributed by atoms with Gasteiger partial charge < -0.3 is 10.1 Å². The highest BCUT2D eigenvalue weighted by molar-refractivity contribution is 7.92.